The van der Waals surface area contributed by atoms with Gasteiger partial charge in [0, 0.05) is 12.6 Å². The zero-order valence-corrected chi connectivity index (χ0v) is 11.6. The smallest absolute Gasteiger partial charge is 0.165 e. The highest BCUT2D eigenvalue weighted by atomic mass is 19.1. The van der Waals surface area contributed by atoms with E-state index in [9.17, 15) is 4.39 Å². The van der Waals surface area contributed by atoms with Crippen molar-refractivity contribution in [3.8, 4) is 5.75 Å². The summed E-state index contributed by atoms with van der Waals surface area (Å²) in [4.78, 5) is 0. The number of halogens is 1. The quantitative estimate of drug-likeness (QED) is 0.859. The summed E-state index contributed by atoms with van der Waals surface area (Å²) >= 11 is 0. The molecule has 1 aromatic carbocycles. The third-order valence-electron chi connectivity index (χ3n) is 3.73. The van der Waals surface area contributed by atoms with E-state index in [2.05, 4.69) is 5.32 Å². The van der Waals surface area contributed by atoms with E-state index >= 15 is 0 Å². The first kappa shape index (κ1) is 14.3. The van der Waals surface area contributed by atoms with Crippen LogP contribution in [0.5, 0.6) is 5.75 Å². The fourth-order valence-corrected chi connectivity index (χ4v) is 2.60. The van der Waals surface area contributed by atoms with Gasteiger partial charge in [-0.3, -0.25) is 0 Å². The normalized spacial score (nSPS) is 20.5. The number of rotatable bonds is 6. The Hall–Kier alpha value is -1.13. The standard InChI is InChI=1S/C15H22FNO2/c1-17-14(8-6-12-4-3-9-19-12)11-5-7-13(16)15(10-11)18-2/h5,7,10,12,14,17H,3-4,6,8-9H2,1-2H3. The second-order valence-corrected chi connectivity index (χ2v) is 4.95. The summed E-state index contributed by atoms with van der Waals surface area (Å²) in [7, 11) is 3.42. The Kier molecular flexibility index (Phi) is 5.16. The first-order valence-corrected chi connectivity index (χ1v) is 6.87. The van der Waals surface area contributed by atoms with Gasteiger partial charge in [0.1, 0.15) is 0 Å². The molecule has 2 rings (SSSR count). The van der Waals surface area contributed by atoms with Gasteiger partial charge in [-0.05, 0) is 50.4 Å². The third-order valence-corrected chi connectivity index (χ3v) is 3.73. The van der Waals surface area contributed by atoms with Crippen molar-refractivity contribution in [3.63, 3.8) is 0 Å². The molecule has 0 saturated carbocycles. The minimum absolute atomic E-state index is 0.207. The van der Waals surface area contributed by atoms with Crippen LogP contribution >= 0.6 is 0 Å². The summed E-state index contributed by atoms with van der Waals surface area (Å²) in [5.74, 6) is -0.0184. The van der Waals surface area contributed by atoms with Crippen molar-refractivity contribution in [1.82, 2.24) is 5.32 Å². The summed E-state index contributed by atoms with van der Waals surface area (Å²) in [6.45, 7) is 0.888. The molecule has 106 valence electrons. The SMILES string of the molecule is CNC(CCC1CCCO1)c1ccc(F)c(OC)c1. The lowest BCUT2D eigenvalue weighted by Crippen LogP contribution is -2.19. The molecule has 1 fully saturated rings. The largest absolute Gasteiger partial charge is 0.494 e. The second kappa shape index (κ2) is 6.87. The summed E-state index contributed by atoms with van der Waals surface area (Å²) in [5, 5.41) is 3.28. The van der Waals surface area contributed by atoms with Crippen molar-refractivity contribution in [2.75, 3.05) is 20.8 Å². The van der Waals surface area contributed by atoms with Gasteiger partial charge in [0.05, 0.1) is 13.2 Å². The van der Waals surface area contributed by atoms with Gasteiger partial charge in [0.2, 0.25) is 0 Å². The van der Waals surface area contributed by atoms with Crippen LogP contribution in [0.2, 0.25) is 0 Å². The zero-order valence-electron chi connectivity index (χ0n) is 11.6. The summed E-state index contributed by atoms with van der Waals surface area (Å²) in [5.41, 5.74) is 1.05. The number of hydrogen-bond donors (Lipinski definition) is 1. The van der Waals surface area contributed by atoms with E-state index in [0.717, 1.165) is 31.4 Å². The van der Waals surface area contributed by atoms with Crippen LogP contribution in [0.1, 0.15) is 37.3 Å². The van der Waals surface area contributed by atoms with E-state index in [1.807, 2.05) is 13.1 Å². The van der Waals surface area contributed by atoms with Crippen LogP contribution in [-0.2, 0) is 4.74 Å². The van der Waals surface area contributed by atoms with Crippen molar-refractivity contribution in [2.24, 2.45) is 0 Å². The maximum atomic E-state index is 13.4. The molecule has 1 aromatic rings. The minimum Gasteiger partial charge on any atom is -0.494 e. The Morgan fingerprint density at radius 3 is 3.00 bits per heavy atom. The van der Waals surface area contributed by atoms with Crippen molar-refractivity contribution < 1.29 is 13.9 Å². The number of nitrogens with one attached hydrogen (secondary N) is 1. The highest BCUT2D eigenvalue weighted by Gasteiger charge is 2.18. The van der Waals surface area contributed by atoms with Gasteiger partial charge in [-0.1, -0.05) is 6.07 Å². The van der Waals surface area contributed by atoms with Crippen LogP contribution in [-0.4, -0.2) is 26.9 Å². The molecule has 1 N–H and O–H groups in total. The summed E-state index contributed by atoms with van der Waals surface area (Å²) < 4.78 is 24.1. The second-order valence-electron chi connectivity index (χ2n) is 4.95. The molecule has 0 amide bonds. The van der Waals surface area contributed by atoms with Crippen molar-refractivity contribution in [1.29, 1.82) is 0 Å². The van der Waals surface area contributed by atoms with E-state index in [1.54, 1.807) is 6.07 Å². The lowest BCUT2D eigenvalue weighted by atomic mass is 9.99. The molecule has 0 bridgehead atoms. The molecule has 3 nitrogen and oxygen atoms in total. The lowest BCUT2D eigenvalue weighted by molar-refractivity contribution is 0.0998. The Morgan fingerprint density at radius 1 is 1.53 bits per heavy atom. The monoisotopic (exact) mass is 267 g/mol. The predicted octanol–water partition coefficient (Wildman–Crippen LogP) is 3.05. The van der Waals surface area contributed by atoms with E-state index in [-0.39, 0.29) is 11.9 Å². The molecule has 0 aliphatic carbocycles. The van der Waals surface area contributed by atoms with E-state index < -0.39 is 0 Å². The van der Waals surface area contributed by atoms with Crippen LogP contribution in [0.25, 0.3) is 0 Å². The number of methoxy groups -OCH3 is 1. The van der Waals surface area contributed by atoms with Gasteiger partial charge in [0.25, 0.3) is 0 Å². The zero-order chi connectivity index (χ0) is 13.7. The van der Waals surface area contributed by atoms with Crippen LogP contribution < -0.4 is 10.1 Å². The highest BCUT2D eigenvalue weighted by molar-refractivity contribution is 5.32. The molecule has 4 heteroatoms. The van der Waals surface area contributed by atoms with Crippen LogP contribution in [0.4, 0.5) is 4.39 Å². The predicted molar refractivity (Wildman–Crippen MR) is 73.0 cm³/mol. The van der Waals surface area contributed by atoms with Crippen LogP contribution in [0.15, 0.2) is 18.2 Å². The van der Waals surface area contributed by atoms with Gasteiger partial charge >= 0.3 is 0 Å². The van der Waals surface area contributed by atoms with Gasteiger partial charge in [-0.2, -0.15) is 0 Å². The molecule has 0 radical (unpaired) electrons. The molecule has 1 aliphatic rings. The fourth-order valence-electron chi connectivity index (χ4n) is 2.60. The van der Waals surface area contributed by atoms with Crippen molar-refractivity contribution in [2.45, 2.75) is 37.8 Å². The first-order valence-electron chi connectivity index (χ1n) is 6.87. The summed E-state index contributed by atoms with van der Waals surface area (Å²) in [6.07, 6.45) is 4.72. The Bertz CT molecular complexity index is 405. The van der Waals surface area contributed by atoms with Gasteiger partial charge < -0.3 is 14.8 Å². The topological polar surface area (TPSA) is 30.5 Å². The van der Waals surface area contributed by atoms with Crippen molar-refractivity contribution >= 4 is 0 Å². The molecule has 1 saturated heterocycles. The number of ether oxygens (including phenoxy) is 2. The van der Waals surface area contributed by atoms with Gasteiger partial charge in [0.15, 0.2) is 11.6 Å². The van der Waals surface area contributed by atoms with Gasteiger partial charge in [-0.25, -0.2) is 4.39 Å². The molecule has 19 heavy (non-hydrogen) atoms. The number of benzene rings is 1. The van der Waals surface area contributed by atoms with Crippen molar-refractivity contribution in [3.05, 3.63) is 29.6 Å². The van der Waals surface area contributed by atoms with E-state index in [0.29, 0.717) is 11.9 Å². The molecular formula is C15H22FNO2. The minimum atomic E-state index is -0.319. The molecule has 2 atom stereocenters. The Morgan fingerprint density at radius 2 is 2.37 bits per heavy atom. The fraction of sp³-hybridized carbons (Fsp3) is 0.600. The van der Waals surface area contributed by atoms with Gasteiger partial charge in [-0.15, -0.1) is 0 Å². The maximum Gasteiger partial charge on any atom is 0.165 e. The third kappa shape index (κ3) is 3.67. The molecular weight excluding hydrogens is 245 g/mol. The van der Waals surface area contributed by atoms with Crippen LogP contribution in [0, 0.1) is 5.82 Å². The summed E-state index contributed by atoms with van der Waals surface area (Å²) in [6, 6.07) is 5.25. The molecule has 1 heterocycles. The van der Waals surface area contributed by atoms with E-state index in [4.69, 9.17) is 9.47 Å². The highest BCUT2D eigenvalue weighted by Crippen LogP contribution is 2.27. The molecule has 0 spiro atoms. The molecule has 0 aromatic heterocycles. The molecule has 1 aliphatic heterocycles. The van der Waals surface area contributed by atoms with Crippen LogP contribution in [0.3, 0.4) is 0 Å². The first-order chi connectivity index (χ1) is 9.24. The lowest BCUT2D eigenvalue weighted by Gasteiger charge is -2.19. The van der Waals surface area contributed by atoms with E-state index in [1.165, 1.54) is 19.6 Å². The average Bonchev–Trinajstić information content (AvgIpc) is 2.94. The maximum absolute atomic E-state index is 13.4. The number of hydrogen-bond acceptors (Lipinski definition) is 3. The molecule has 2 unspecified atom stereocenters. The Labute approximate surface area is 114 Å². The Balaban J connectivity index is 1.99. The average molecular weight is 267 g/mol.